The van der Waals surface area contributed by atoms with Gasteiger partial charge in [-0.15, -0.1) is 0 Å². The first-order valence-corrected chi connectivity index (χ1v) is 8.01. The third kappa shape index (κ3) is 5.23. The van der Waals surface area contributed by atoms with Gasteiger partial charge in [-0.1, -0.05) is 6.92 Å². The van der Waals surface area contributed by atoms with E-state index < -0.39 is 0 Å². The van der Waals surface area contributed by atoms with Crippen molar-refractivity contribution in [2.75, 3.05) is 40.5 Å². The number of piperidine rings is 1. The summed E-state index contributed by atoms with van der Waals surface area (Å²) in [4.78, 5) is 14.0. The second kappa shape index (κ2) is 8.50. The summed E-state index contributed by atoms with van der Waals surface area (Å²) in [5.41, 5.74) is 0. The van der Waals surface area contributed by atoms with Gasteiger partial charge in [0.15, 0.2) is 0 Å². The Hall–Kier alpha value is -2.11. The van der Waals surface area contributed by atoms with Crippen molar-refractivity contribution in [3.05, 3.63) is 18.2 Å². The smallest absolute Gasteiger partial charge is 0.317 e. The minimum Gasteiger partial charge on any atom is -0.496 e. The maximum absolute atomic E-state index is 12.1. The number of methoxy groups -OCH3 is 2. The topological polar surface area (TPSA) is 60.0 Å². The lowest BCUT2D eigenvalue weighted by Gasteiger charge is -2.30. The number of urea groups is 1. The molecular weight excluding hydrogens is 296 g/mol. The summed E-state index contributed by atoms with van der Waals surface area (Å²) in [6, 6.07) is 5.35. The molecular formula is C17H26N2O4. The zero-order valence-electron chi connectivity index (χ0n) is 14.1. The average molecular weight is 322 g/mol. The van der Waals surface area contributed by atoms with Crippen molar-refractivity contribution >= 4 is 6.03 Å². The number of carbonyl (C=O) groups excluding carboxylic acids is 1. The Balaban J connectivity index is 1.75. The maximum atomic E-state index is 12.1. The lowest BCUT2D eigenvalue weighted by molar-refractivity contribution is 0.167. The van der Waals surface area contributed by atoms with E-state index in [1.165, 1.54) is 6.42 Å². The van der Waals surface area contributed by atoms with Crippen LogP contribution in [0, 0.1) is 5.92 Å². The molecule has 2 amide bonds. The number of carbonyl (C=O) groups is 1. The molecule has 0 saturated carbocycles. The largest absolute Gasteiger partial charge is 0.496 e. The van der Waals surface area contributed by atoms with Crippen LogP contribution in [0.3, 0.4) is 0 Å². The van der Waals surface area contributed by atoms with Crippen molar-refractivity contribution in [3.8, 4) is 17.2 Å². The molecule has 1 atom stereocenters. The van der Waals surface area contributed by atoms with Crippen molar-refractivity contribution in [1.29, 1.82) is 0 Å². The molecule has 128 valence electrons. The summed E-state index contributed by atoms with van der Waals surface area (Å²) in [6.07, 6.45) is 2.28. The van der Waals surface area contributed by atoms with Gasteiger partial charge in [0.25, 0.3) is 0 Å². The first kappa shape index (κ1) is 17.2. The molecule has 0 aliphatic carbocycles. The maximum Gasteiger partial charge on any atom is 0.317 e. The van der Waals surface area contributed by atoms with Crippen LogP contribution in [0.25, 0.3) is 0 Å². The fraction of sp³-hybridized carbons (Fsp3) is 0.588. The normalized spacial score (nSPS) is 17.5. The van der Waals surface area contributed by atoms with Gasteiger partial charge < -0.3 is 24.4 Å². The summed E-state index contributed by atoms with van der Waals surface area (Å²) in [5, 5.41) is 2.90. The van der Waals surface area contributed by atoms with Crippen molar-refractivity contribution < 1.29 is 19.0 Å². The Morgan fingerprint density at radius 2 is 1.87 bits per heavy atom. The fourth-order valence-electron chi connectivity index (χ4n) is 2.68. The van der Waals surface area contributed by atoms with Crippen molar-refractivity contribution in [1.82, 2.24) is 10.2 Å². The van der Waals surface area contributed by atoms with Crippen LogP contribution in [0.2, 0.25) is 0 Å². The second-order valence-corrected chi connectivity index (χ2v) is 5.82. The number of rotatable bonds is 6. The number of ether oxygens (including phenoxy) is 3. The minimum atomic E-state index is -0.0108. The van der Waals surface area contributed by atoms with Crippen molar-refractivity contribution in [2.45, 2.75) is 19.8 Å². The quantitative estimate of drug-likeness (QED) is 0.818. The first-order valence-electron chi connectivity index (χ1n) is 8.01. The van der Waals surface area contributed by atoms with Gasteiger partial charge in [0.1, 0.15) is 23.9 Å². The number of amides is 2. The zero-order valence-corrected chi connectivity index (χ0v) is 14.1. The van der Waals surface area contributed by atoms with Crippen molar-refractivity contribution in [3.63, 3.8) is 0 Å². The highest BCUT2D eigenvalue weighted by atomic mass is 16.5. The van der Waals surface area contributed by atoms with E-state index in [9.17, 15) is 4.79 Å². The Morgan fingerprint density at radius 1 is 1.22 bits per heavy atom. The molecule has 0 bridgehead atoms. The van der Waals surface area contributed by atoms with E-state index in [4.69, 9.17) is 14.2 Å². The minimum absolute atomic E-state index is 0.0108. The Morgan fingerprint density at radius 3 is 2.48 bits per heavy atom. The summed E-state index contributed by atoms with van der Waals surface area (Å²) >= 11 is 0. The van der Waals surface area contributed by atoms with Crippen molar-refractivity contribution in [2.24, 2.45) is 5.92 Å². The van der Waals surface area contributed by atoms with Gasteiger partial charge >= 0.3 is 6.03 Å². The molecule has 1 N–H and O–H groups in total. The van der Waals surface area contributed by atoms with Crippen LogP contribution < -0.4 is 19.5 Å². The lowest BCUT2D eigenvalue weighted by Crippen LogP contribution is -2.45. The van der Waals surface area contributed by atoms with Gasteiger partial charge in [-0.2, -0.15) is 0 Å². The number of benzene rings is 1. The predicted octanol–water partition coefficient (Wildman–Crippen LogP) is 2.52. The second-order valence-electron chi connectivity index (χ2n) is 5.82. The van der Waals surface area contributed by atoms with Crippen LogP contribution in [-0.2, 0) is 0 Å². The van der Waals surface area contributed by atoms with Gasteiger partial charge in [0, 0.05) is 31.3 Å². The summed E-state index contributed by atoms with van der Waals surface area (Å²) in [5.74, 6) is 2.58. The number of hydrogen-bond donors (Lipinski definition) is 1. The highest BCUT2D eigenvalue weighted by molar-refractivity contribution is 5.74. The highest BCUT2D eigenvalue weighted by Crippen LogP contribution is 2.27. The number of nitrogens with one attached hydrogen (secondary N) is 1. The molecule has 1 aliphatic rings. The Bertz CT molecular complexity index is 499. The molecule has 23 heavy (non-hydrogen) atoms. The molecule has 1 unspecified atom stereocenters. The van der Waals surface area contributed by atoms with Gasteiger partial charge in [-0.3, -0.25) is 0 Å². The highest BCUT2D eigenvalue weighted by Gasteiger charge is 2.20. The Labute approximate surface area is 137 Å². The predicted molar refractivity (Wildman–Crippen MR) is 88.4 cm³/mol. The van der Waals surface area contributed by atoms with Gasteiger partial charge in [-0.25, -0.2) is 4.79 Å². The Kier molecular flexibility index (Phi) is 6.38. The van der Waals surface area contributed by atoms with Crippen LogP contribution >= 0.6 is 0 Å². The molecule has 0 radical (unpaired) electrons. The van der Waals surface area contributed by atoms with Crippen LogP contribution in [0.15, 0.2) is 18.2 Å². The molecule has 1 heterocycles. The number of hydrogen-bond acceptors (Lipinski definition) is 4. The summed E-state index contributed by atoms with van der Waals surface area (Å²) in [7, 11) is 3.19. The lowest BCUT2D eigenvalue weighted by atomic mass is 10.0. The summed E-state index contributed by atoms with van der Waals surface area (Å²) in [6.45, 7) is 4.71. The molecule has 1 aromatic rings. The van der Waals surface area contributed by atoms with Gasteiger partial charge in [0.05, 0.1) is 20.8 Å². The number of nitrogens with zero attached hydrogens (tertiary/aromatic N) is 1. The third-order valence-electron chi connectivity index (χ3n) is 3.92. The molecule has 1 aromatic carbocycles. The molecule has 2 rings (SSSR count). The van der Waals surface area contributed by atoms with E-state index in [0.29, 0.717) is 36.3 Å². The zero-order chi connectivity index (χ0) is 16.7. The van der Waals surface area contributed by atoms with Crippen LogP contribution in [0.4, 0.5) is 4.79 Å². The standard InChI is InChI=1S/C17H26N2O4/c1-13-5-4-7-19(12-13)17(20)18-6-8-23-16-10-14(21-2)9-15(11-16)22-3/h9-11,13H,4-8,12H2,1-3H3,(H,18,20). The van der Waals surface area contributed by atoms with E-state index >= 15 is 0 Å². The van der Waals surface area contributed by atoms with E-state index in [-0.39, 0.29) is 6.03 Å². The molecule has 1 saturated heterocycles. The average Bonchev–Trinajstić information content (AvgIpc) is 2.58. The third-order valence-corrected chi connectivity index (χ3v) is 3.92. The SMILES string of the molecule is COc1cc(OC)cc(OCCNC(=O)N2CCCC(C)C2)c1. The summed E-state index contributed by atoms with van der Waals surface area (Å²) < 4.78 is 16.0. The molecule has 1 aliphatic heterocycles. The van der Waals surface area contributed by atoms with E-state index in [2.05, 4.69) is 12.2 Å². The molecule has 0 spiro atoms. The van der Waals surface area contributed by atoms with Crippen LogP contribution in [-0.4, -0.2) is 51.4 Å². The molecule has 0 aromatic heterocycles. The van der Waals surface area contributed by atoms with E-state index in [0.717, 1.165) is 19.5 Å². The molecule has 6 heteroatoms. The monoisotopic (exact) mass is 322 g/mol. The first-order chi connectivity index (χ1) is 11.1. The molecule has 6 nitrogen and oxygen atoms in total. The molecule has 1 fully saturated rings. The fourth-order valence-corrected chi connectivity index (χ4v) is 2.68. The number of likely N-dealkylation sites (tertiary alicyclic amines) is 1. The van der Waals surface area contributed by atoms with Crippen LogP contribution in [0.5, 0.6) is 17.2 Å². The van der Waals surface area contributed by atoms with E-state index in [1.807, 2.05) is 4.90 Å². The van der Waals surface area contributed by atoms with Gasteiger partial charge in [-0.05, 0) is 18.8 Å². The van der Waals surface area contributed by atoms with Gasteiger partial charge in [0.2, 0.25) is 0 Å². The van der Waals surface area contributed by atoms with E-state index in [1.54, 1.807) is 32.4 Å². The van der Waals surface area contributed by atoms with Crippen LogP contribution in [0.1, 0.15) is 19.8 Å².